The molecule has 0 bridgehead atoms. The Morgan fingerprint density at radius 2 is 2.04 bits per heavy atom. The molecular formula is C19H23N5OS. The summed E-state index contributed by atoms with van der Waals surface area (Å²) >= 11 is 1.46. The van der Waals surface area contributed by atoms with Crippen molar-refractivity contribution in [3.8, 4) is 0 Å². The number of tetrazole rings is 1. The third-order valence-corrected chi connectivity index (χ3v) is 6.22. The number of H-pyrrole nitrogens is 1. The number of carbonyl (C=O) groups excluding carboxylic acids is 1. The van der Waals surface area contributed by atoms with E-state index in [9.17, 15) is 4.79 Å². The molecule has 1 fully saturated rings. The molecule has 0 aliphatic heterocycles. The summed E-state index contributed by atoms with van der Waals surface area (Å²) < 4.78 is 1.93. The van der Waals surface area contributed by atoms with Gasteiger partial charge < -0.3 is 4.98 Å². The molecule has 26 heavy (non-hydrogen) atoms. The van der Waals surface area contributed by atoms with Crippen molar-refractivity contribution in [1.82, 2.24) is 25.2 Å². The van der Waals surface area contributed by atoms with Gasteiger partial charge in [-0.2, -0.15) is 0 Å². The van der Waals surface area contributed by atoms with Crippen LogP contribution in [0.1, 0.15) is 61.1 Å². The lowest BCUT2D eigenvalue weighted by Crippen LogP contribution is -2.18. The maximum atomic E-state index is 13.1. The zero-order valence-electron chi connectivity index (χ0n) is 15.1. The van der Waals surface area contributed by atoms with Crippen LogP contribution in [0.25, 0.3) is 10.9 Å². The smallest absolute Gasteiger partial charge is 0.210 e. The second-order valence-corrected chi connectivity index (χ2v) is 8.30. The molecule has 4 rings (SSSR count). The lowest BCUT2D eigenvalue weighted by Gasteiger charge is -2.22. The van der Waals surface area contributed by atoms with Crippen molar-refractivity contribution in [3.05, 3.63) is 35.5 Å². The van der Waals surface area contributed by atoms with Gasteiger partial charge in [0.2, 0.25) is 5.16 Å². The Balaban J connectivity index is 1.57. The Morgan fingerprint density at radius 3 is 2.85 bits per heavy atom. The second kappa shape index (κ2) is 7.23. The van der Waals surface area contributed by atoms with Gasteiger partial charge in [-0.25, -0.2) is 4.68 Å². The highest BCUT2D eigenvalue weighted by Crippen LogP contribution is 2.33. The number of aryl methyl sites for hydroxylation is 1. The van der Waals surface area contributed by atoms with Gasteiger partial charge in [0.05, 0.1) is 11.3 Å². The van der Waals surface area contributed by atoms with Crippen molar-refractivity contribution in [2.75, 3.05) is 0 Å². The zero-order chi connectivity index (χ0) is 18.1. The lowest BCUT2D eigenvalue weighted by molar-refractivity contribution is 0.0995. The van der Waals surface area contributed by atoms with Gasteiger partial charge in [0.15, 0.2) is 5.78 Å². The minimum Gasteiger partial charge on any atom is -0.358 e. The maximum absolute atomic E-state index is 13.1. The fourth-order valence-electron chi connectivity index (χ4n) is 3.83. The van der Waals surface area contributed by atoms with Gasteiger partial charge in [0.25, 0.3) is 0 Å². The molecule has 0 amide bonds. The Morgan fingerprint density at radius 1 is 1.27 bits per heavy atom. The summed E-state index contributed by atoms with van der Waals surface area (Å²) in [7, 11) is 0. The van der Waals surface area contributed by atoms with Crippen LogP contribution in [0, 0.1) is 6.92 Å². The predicted octanol–water partition coefficient (Wildman–Crippen LogP) is 4.33. The molecule has 2 aromatic heterocycles. The highest BCUT2D eigenvalue weighted by molar-refractivity contribution is 8.00. The fraction of sp³-hybridized carbons (Fsp3) is 0.474. The van der Waals surface area contributed by atoms with Crippen LogP contribution >= 0.6 is 11.8 Å². The van der Waals surface area contributed by atoms with E-state index in [1.807, 2.05) is 42.8 Å². The molecule has 6 nitrogen and oxygen atoms in total. The van der Waals surface area contributed by atoms with Gasteiger partial charge in [-0.3, -0.25) is 4.79 Å². The molecule has 0 unspecified atom stereocenters. The van der Waals surface area contributed by atoms with Crippen LogP contribution in [0.15, 0.2) is 29.4 Å². The molecule has 1 atom stereocenters. The Hall–Kier alpha value is -2.15. The number of nitrogens with zero attached hydrogens (tertiary/aromatic N) is 4. The fourth-order valence-corrected chi connectivity index (χ4v) is 4.75. The van der Waals surface area contributed by atoms with E-state index in [1.54, 1.807) is 0 Å². The molecule has 1 aromatic carbocycles. The van der Waals surface area contributed by atoms with E-state index in [4.69, 9.17) is 0 Å². The van der Waals surface area contributed by atoms with Gasteiger partial charge >= 0.3 is 0 Å². The number of nitrogens with one attached hydrogen (secondary N) is 1. The van der Waals surface area contributed by atoms with Crippen LogP contribution in [0.2, 0.25) is 0 Å². The van der Waals surface area contributed by atoms with Gasteiger partial charge in [-0.1, -0.05) is 49.2 Å². The van der Waals surface area contributed by atoms with Crippen molar-refractivity contribution in [3.63, 3.8) is 0 Å². The third-order valence-electron chi connectivity index (χ3n) is 5.17. The standard InChI is InChI=1S/C19H23N5OS/c1-12-17(15-10-6-7-11-16(15)20-12)18(25)13(2)26-19-21-22-23-24(19)14-8-4-3-5-9-14/h6-7,10-11,13-14,20H,3-5,8-9H2,1-2H3/t13-/m0/s1. The van der Waals surface area contributed by atoms with Crippen molar-refractivity contribution in [2.45, 2.75) is 62.4 Å². The maximum Gasteiger partial charge on any atom is 0.210 e. The quantitative estimate of drug-likeness (QED) is 0.535. The molecule has 7 heteroatoms. The minimum absolute atomic E-state index is 0.114. The number of ketones is 1. The lowest BCUT2D eigenvalue weighted by atomic mass is 9.96. The molecule has 1 aliphatic rings. The number of benzene rings is 1. The highest BCUT2D eigenvalue weighted by Gasteiger charge is 2.26. The first kappa shape index (κ1) is 17.3. The molecular weight excluding hydrogens is 346 g/mol. The number of hydrogen-bond acceptors (Lipinski definition) is 5. The monoisotopic (exact) mass is 369 g/mol. The van der Waals surface area contributed by atoms with Crippen LogP contribution in [-0.4, -0.2) is 36.2 Å². The largest absolute Gasteiger partial charge is 0.358 e. The van der Waals surface area contributed by atoms with Gasteiger partial charge in [-0.05, 0) is 43.2 Å². The SMILES string of the molecule is Cc1[nH]c2ccccc2c1C(=O)[C@H](C)Sc1nnnn1C1CCCCC1. The normalized spacial score (nSPS) is 16.8. The predicted molar refractivity (Wildman–Crippen MR) is 103 cm³/mol. The van der Waals surface area contributed by atoms with Crippen LogP contribution in [0.4, 0.5) is 0 Å². The molecule has 0 saturated heterocycles. The number of aromatic amines is 1. The number of fused-ring (bicyclic) bond motifs is 1. The second-order valence-electron chi connectivity index (χ2n) is 6.99. The summed E-state index contributed by atoms with van der Waals surface area (Å²) in [5.74, 6) is 0.114. The van der Waals surface area contributed by atoms with Crippen molar-refractivity contribution >= 4 is 28.4 Å². The molecule has 1 N–H and O–H groups in total. The van der Waals surface area contributed by atoms with Crippen LogP contribution in [-0.2, 0) is 0 Å². The number of rotatable bonds is 5. The number of hydrogen-bond donors (Lipinski definition) is 1. The highest BCUT2D eigenvalue weighted by atomic mass is 32.2. The third kappa shape index (κ3) is 3.16. The molecule has 0 spiro atoms. The molecule has 3 aromatic rings. The van der Waals surface area contributed by atoms with Gasteiger partial charge in [0, 0.05) is 22.2 Å². The van der Waals surface area contributed by atoms with E-state index in [-0.39, 0.29) is 11.0 Å². The van der Waals surface area contributed by atoms with Crippen LogP contribution in [0.3, 0.4) is 0 Å². The molecule has 1 aliphatic carbocycles. The topological polar surface area (TPSA) is 76.5 Å². The molecule has 2 heterocycles. The first-order valence-electron chi connectivity index (χ1n) is 9.21. The van der Waals surface area contributed by atoms with Gasteiger partial charge in [0.1, 0.15) is 0 Å². The van der Waals surface area contributed by atoms with E-state index >= 15 is 0 Å². The molecule has 1 saturated carbocycles. The van der Waals surface area contributed by atoms with Crippen molar-refractivity contribution in [2.24, 2.45) is 0 Å². The minimum atomic E-state index is -0.249. The zero-order valence-corrected chi connectivity index (χ0v) is 15.9. The van der Waals surface area contributed by atoms with E-state index in [2.05, 4.69) is 20.5 Å². The van der Waals surface area contributed by atoms with Gasteiger partial charge in [-0.15, -0.1) is 5.10 Å². The average molecular weight is 369 g/mol. The van der Waals surface area contributed by atoms with Crippen LogP contribution < -0.4 is 0 Å². The first-order valence-corrected chi connectivity index (χ1v) is 10.1. The summed E-state index contributed by atoms with van der Waals surface area (Å²) in [5, 5.41) is 13.7. The number of Topliss-reactive ketones (excluding diaryl/α,β-unsaturated/α-hetero) is 1. The molecule has 0 radical (unpaired) electrons. The molecule has 136 valence electrons. The number of thioether (sulfide) groups is 1. The summed E-state index contributed by atoms with van der Waals surface area (Å²) in [5.41, 5.74) is 2.69. The average Bonchev–Trinajstić information content (AvgIpc) is 3.25. The Kier molecular flexibility index (Phi) is 4.80. The van der Waals surface area contributed by atoms with Crippen LogP contribution in [0.5, 0.6) is 0 Å². The summed E-state index contributed by atoms with van der Waals surface area (Å²) in [4.78, 5) is 16.4. The summed E-state index contributed by atoms with van der Waals surface area (Å²) in [6.07, 6.45) is 5.95. The summed E-state index contributed by atoms with van der Waals surface area (Å²) in [6, 6.07) is 8.30. The Labute approximate surface area is 156 Å². The van der Waals surface area contributed by atoms with Crippen molar-refractivity contribution < 1.29 is 4.79 Å². The van der Waals surface area contributed by atoms with E-state index in [1.165, 1.54) is 31.0 Å². The van der Waals surface area contributed by atoms with E-state index < -0.39 is 0 Å². The van der Waals surface area contributed by atoms with Crippen molar-refractivity contribution in [1.29, 1.82) is 0 Å². The first-order chi connectivity index (χ1) is 12.6. The number of aromatic nitrogens is 5. The Bertz CT molecular complexity index is 925. The number of carbonyl (C=O) groups is 1. The van der Waals surface area contributed by atoms with E-state index in [0.29, 0.717) is 6.04 Å². The van der Waals surface area contributed by atoms with E-state index in [0.717, 1.165) is 40.2 Å². The summed E-state index contributed by atoms with van der Waals surface area (Å²) in [6.45, 7) is 3.89. The number of para-hydroxylation sites is 1.